The molecule has 1 aliphatic heterocycles. The summed E-state index contributed by atoms with van der Waals surface area (Å²) in [5.41, 5.74) is -0.494. The minimum Gasteiger partial charge on any atom is -0.471 e. The first-order valence-corrected chi connectivity index (χ1v) is 7.43. The highest BCUT2D eigenvalue weighted by molar-refractivity contribution is 5.79. The molecular formula is C15H28N2O5. The van der Waals surface area contributed by atoms with E-state index in [-0.39, 0.29) is 17.9 Å². The summed E-state index contributed by atoms with van der Waals surface area (Å²) in [6.07, 6.45) is 2.14. The number of carbonyl (C=O) groups is 3. The average molecular weight is 316 g/mol. The molecule has 2 amide bonds. The van der Waals surface area contributed by atoms with E-state index >= 15 is 0 Å². The molecule has 7 heteroatoms. The van der Waals surface area contributed by atoms with E-state index in [9.17, 15) is 9.59 Å². The van der Waals surface area contributed by atoms with Gasteiger partial charge >= 0.3 is 6.09 Å². The maximum atomic E-state index is 11.6. The molecule has 128 valence electrons. The van der Waals surface area contributed by atoms with E-state index in [1.165, 1.54) is 7.11 Å². The first-order valence-electron chi connectivity index (χ1n) is 7.43. The van der Waals surface area contributed by atoms with Gasteiger partial charge < -0.3 is 20.1 Å². The van der Waals surface area contributed by atoms with Crippen LogP contribution >= 0.6 is 0 Å². The fourth-order valence-corrected chi connectivity index (χ4v) is 2.05. The topological polar surface area (TPSA) is 93.7 Å². The second-order valence-corrected chi connectivity index (χ2v) is 6.25. The van der Waals surface area contributed by atoms with Crippen molar-refractivity contribution < 1.29 is 23.9 Å². The Labute approximate surface area is 132 Å². The van der Waals surface area contributed by atoms with E-state index in [1.807, 2.05) is 27.7 Å². The molecule has 0 spiro atoms. The normalized spacial score (nSPS) is 19.0. The van der Waals surface area contributed by atoms with Crippen LogP contribution in [0.3, 0.4) is 0 Å². The van der Waals surface area contributed by atoms with Crippen LogP contribution in [0, 0.1) is 5.92 Å². The number of amides is 2. The number of methoxy groups -OCH3 is 1. The van der Waals surface area contributed by atoms with Gasteiger partial charge in [-0.1, -0.05) is 0 Å². The SMILES string of the molecule is COC=O.C[C@H](C[C@@H]1CCCNC1=O)NC(=O)OC(C)(C)C. The number of alkyl carbamates (subject to hydrolysis) is 1. The minimum atomic E-state index is -0.494. The highest BCUT2D eigenvalue weighted by Crippen LogP contribution is 2.17. The maximum absolute atomic E-state index is 11.6. The summed E-state index contributed by atoms with van der Waals surface area (Å²) in [5, 5.41) is 5.61. The standard InChI is InChI=1S/C13H24N2O3.C2H4O2/c1-9(15-12(17)18-13(2,3)4)8-10-6-5-7-14-11(10)16;1-4-2-3/h9-10H,5-8H2,1-4H3,(H,14,16)(H,15,17);2H,1H3/t9-,10+;/m1./s1. The monoisotopic (exact) mass is 316 g/mol. The van der Waals surface area contributed by atoms with Gasteiger partial charge in [0.1, 0.15) is 5.60 Å². The van der Waals surface area contributed by atoms with Crippen LogP contribution in [0.1, 0.15) is 47.0 Å². The van der Waals surface area contributed by atoms with E-state index in [1.54, 1.807) is 0 Å². The molecule has 1 fully saturated rings. The van der Waals surface area contributed by atoms with Gasteiger partial charge in [0.05, 0.1) is 7.11 Å². The van der Waals surface area contributed by atoms with Crippen LogP contribution in [0.25, 0.3) is 0 Å². The largest absolute Gasteiger partial charge is 0.471 e. The summed E-state index contributed by atoms with van der Waals surface area (Å²) in [5.74, 6) is 0.0998. The van der Waals surface area contributed by atoms with Gasteiger partial charge in [-0.05, 0) is 47.0 Å². The van der Waals surface area contributed by atoms with Crippen molar-refractivity contribution in [3.8, 4) is 0 Å². The Balaban J connectivity index is 0.000000980. The zero-order valence-corrected chi connectivity index (χ0v) is 14.1. The van der Waals surface area contributed by atoms with Crippen molar-refractivity contribution in [2.45, 2.75) is 58.6 Å². The predicted octanol–water partition coefficient (Wildman–Crippen LogP) is 1.61. The van der Waals surface area contributed by atoms with Gasteiger partial charge in [-0.2, -0.15) is 0 Å². The van der Waals surface area contributed by atoms with E-state index in [0.29, 0.717) is 12.9 Å². The molecule has 0 aromatic rings. The third-order valence-electron chi connectivity index (χ3n) is 2.90. The van der Waals surface area contributed by atoms with Gasteiger partial charge in [-0.3, -0.25) is 9.59 Å². The molecule has 2 N–H and O–H groups in total. The van der Waals surface area contributed by atoms with E-state index in [0.717, 1.165) is 19.4 Å². The second kappa shape index (κ2) is 10.0. The van der Waals surface area contributed by atoms with Gasteiger partial charge in [0.25, 0.3) is 6.47 Å². The number of carbonyl (C=O) groups excluding carboxylic acids is 3. The summed E-state index contributed by atoms with van der Waals surface area (Å²) in [4.78, 5) is 32.1. The zero-order valence-electron chi connectivity index (χ0n) is 14.1. The molecule has 22 heavy (non-hydrogen) atoms. The summed E-state index contributed by atoms with van der Waals surface area (Å²) in [6.45, 7) is 8.51. The van der Waals surface area contributed by atoms with Crippen LogP contribution in [0.15, 0.2) is 0 Å². The Hall–Kier alpha value is -1.79. The van der Waals surface area contributed by atoms with Crippen molar-refractivity contribution in [3.63, 3.8) is 0 Å². The van der Waals surface area contributed by atoms with E-state index < -0.39 is 11.7 Å². The van der Waals surface area contributed by atoms with Crippen LogP contribution in [-0.2, 0) is 19.1 Å². The Morgan fingerprint density at radius 2 is 2.09 bits per heavy atom. The highest BCUT2D eigenvalue weighted by atomic mass is 16.6. The smallest absolute Gasteiger partial charge is 0.407 e. The molecular weight excluding hydrogens is 288 g/mol. The number of nitrogens with one attached hydrogen (secondary N) is 2. The molecule has 1 saturated heterocycles. The van der Waals surface area contributed by atoms with Crippen LogP contribution in [-0.4, -0.2) is 43.8 Å². The van der Waals surface area contributed by atoms with Gasteiger partial charge in [-0.25, -0.2) is 4.79 Å². The molecule has 1 aliphatic rings. The number of ether oxygens (including phenoxy) is 2. The summed E-state index contributed by atoms with van der Waals surface area (Å²) in [6, 6.07) is -0.0614. The lowest BCUT2D eigenvalue weighted by molar-refractivity contribution is -0.127. The Kier molecular flexibility index (Phi) is 9.21. The molecule has 0 aromatic heterocycles. The lowest BCUT2D eigenvalue weighted by Crippen LogP contribution is -2.42. The Bertz CT molecular complexity index is 365. The number of hydrogen-bond acceptors (Lipinski definition) is 5. The number of piperidine rings is 1. The van der Waals surface area contributed by atoms with E-state index in [2.05, 4.69) is 15.4 Å². The predicted molar refractivity (Wildman–Crippen MR) is 82.3 cm³/mol. The highest BCUT2D eigenvalue weighted by Gasteiger charge is 2.25. The molecule has 1 heterocycles. The molecule has 7 nitrogen and oxygen atoms in total. The van der Waals surface area contributed by atoms with Gasteiger partial charge in [-0.15, -0.1) is 0 Å². The molecule has 2 atom stereocenters. The second-order valence-electron chi connectivity index (χ2n) is 6.25. The molecule has 0 aromatic carbocycles. The molecule has 1 rings (SSSR count). The zero-order chi connectivity index (χ0) is 17.2. The first-order chi connectivity index (χ1) is 10.2. The molecule has 0 aliphatic carbocycles. The van der Waals surface area contributed by atoms with Crippen molar-refractivity contribution in [3.05, 3.63) is 0 Å². The fraction of sp³-hybridized carbons (Fsp3) is 0.800. The van der Waals surface area contributed by atoms with Crippen LogP contribution < -0.4 is 10.6 Å². The van der Waals surface area contributed by atoms with Crippen molar-refractivity contribution in [2.24, 2.45) is 5.92 Å². The third kappa shape index (κ3) is 10.0. The third-order valence-corrected chi connectivity index (χ3v) is 2.90. The average Bonchev–Trinajstić information content (AvgIpc) is 2.39. The molecule has 0 unspecified atom stereocenters. The van der Waals surface area contributed by atoms with Crippen molar-refractivity contribution >= 4 is 18.5 Å². The fourth-order valence-electron chi connectivity index (χ4n) is 2.05. The first kappa shape index (κ1) is 20.2. The number of rotatable bonds is 4. The van der Waals surface area contributed by atoms with Gasteiger partial charge in [0, 0.05) is 18.5 Å². The molecule has 0 bridgehead atoms. The summed E-state index contributed by atoms with van der Waals surface area (Å²) < 4.78 is 9.03. The quantitative estimate of drug-likeness (QED) is 0.768. The molecule has 0 saturated carbocycles. The van der Waals surface area contributed by atoms with Crippen LogP contribution in [0.2, 0.25) is 0 Å². The van der Waals surface area contributed by atoms with Crippen molar-refractivity contribution in [1.82, 2.24) is 10.6 Å². The lowest BCUT2D eigenvalue weighted by atomic mass is 9.92. The Morgan fingerprint density at radius 1 is 1.50 bits per heavy atom. The molecule has 0 radical (unpaired) electrons. The van der Waals surface area contributed by atoms with Gasteiger partial charge in [0.2, 0.25) is 5.91 Å². The maximum Gasteiger partial charge on any atom is 0.407 e. The van der Waals surface area contributed by atoms with E-state index in [4.69, 9.17) is 9.53 Å². The van der Waals surface area contributed by atoms with Gasteiger partial charge in [0.15, 0.2) is 0 Å². The lowest BCUT2D eigenvalue weighted by Gasteiger charge is -2.26. The minimum absolute atomic E-state index is 0.00341. The Morgan fingerprint density at radius 3 is 2.55 bits per heavy atom. The van der Waals surface area contributed by atoms with Crippen LogP contribution in [0.4, 0.5) is 4.79 Å². The summed E-state index contributed by atoms with van der Waals surface area (Å²) in [7, 11) is 1.31. The van der Waals surface area contributed by atoms with Crippen molar-refractivity contribution in [2.75, 3.05) is 13.7 Å². The van der Waals surface area contributed by atoms with Crippen molar-refractivity contribution in [1.29, 1.82) is 0 Å². The number of hydrogen-bond donors (Lipinski definition) is 2. The summed E-state index contributed by atoms with van der Waals surface area (Å²) >= 11 is 0. The van der Waals surface area contributed by atoms with Crippen LogP contribution in [0.5, 0.6) is 0 Å².